The monoisotopic (exact) mass is 198 g/mol. The Kier molecular flexibility index (Phi) is 3.13. The van der Waals surface area contributed by atoms with E-state index >= 15 is 0 Å². The first-order chi connectivity index (χ1) is 6.82. The zero-order valence-corrected chi connectivity index (χ0v) is 9.41. The average Bonchev–Trinajstić information content (AvgIpc) is 2.28. The standard InChI is InChI=1S/C12H24NO/c1-2-13-8-4-3-7-12(13)11(10-14)6-5-9-13/h11-12,14H,2-10H2,1H3/q+1/t11-,12-,13?/m0/s1. The zero-order valence-electron chi connectivity index (χ0n) is 9.41. The quantitative estimate of drug-likeness (QED) is 0.671. The second kappa shape index (κ2) is 4.19. The van der Waals surface area contributed by atoms with Crippen LogP contribution in [-0.4, -0.2) is 41.9 Å². The van der Waals surface area contributed by atoms with E-state index in [1.165, 1.54) is 56.2 Å². The van der Waals surface area contributed by atoms with Gasteiger partial charge in [-0.2, -0.15) is 0 Å². The maximum atomic E-state index is 9.43. The number of aliphatic hydroxyl groups is 1. The topological polar surface area (TPSA) is 20.2 Å². The van der Waals surface area contributed by atoms with Gasteiger partial charge in [-0.25, -0.2) is 0 Å². The Morgan fingerprint density at radius 3 is 2.64 bits per heavy atom. The molecule has 0 aromatic heterocycles. The average molecular weight is 198 g/mol. The van der Waals surface area contributed by atoms with Crippen LogP contribution in [-0.2, 0) is 0 Å². The summed E-state index contributed by atoms with van der Waals surface area (Å²) in [6.45, 7) is 6.78. The molecular formula is C12H24NO+. The molecule has 82 valence electrons. The summed E-state index contributed by atoms with van der Waals surface area (Å²) in [6, 6.07) is 0.785. The molecule has 2 saturated heterocycles. The second-order valence-corrected chi connectivity index (χ2v) is 5.13. The predicted octanol–water partition coefficient (Wildman–Crippen LogP) is 1.78. The van der Waals surface area contributed by atoms with Crippen LogP contribution in [0.25, 0.3) is 0 Å². The van der Waals surface area contributed by atoms with E-state index in [-0.39, 0.29) is 0 Å². The highest BCUT2D eigenvalue weighted by atomic mass is 16.3. The fraction of sp³-hybridized carbons (Fsp3) is 1.00. The van der Waals surface area contributed by atoms with Crippen molar-refractivity contribution in [3.63, 3.8) is 0 Å². The molecule has 0 aliphatic carbocycles. The largest absolute Gasteiger partial charge is 0.396 e. The SMILES string of the molecule is CC[N+]12CCCC[C@H]1[C@H](CO)CCC2. The maximum Gasteiger partial charge on any atom is 0.0941 e. The fourth-order valence-electron chi connectivity index (χ4n) is 3.80. The van der Waals surface area contributed by atoms with Crippen molar-refractivity contribution in [2.45, 2.75) is 45.1 Å². The van der Waals surface area contributed by atoms with Crippen LogP contribution in [0.4, 0.5) is 0 Å². The molecule has 0 radical (unpaired) electrons. The van der Waals surface area contributed by atoms with E-state index in [1.54, 1.807) is 0 Å². The van der Waals surface area contributed by atoms with Crippen molar-refractivity contribution >= 4 is 0 Å². The Labute approximate surface area is 87.5 Å². The third kappa shape index (κ3) is 1.59. The van der Waals surface area contributed by atoms with Crippen molar-refractivity contribution in [1.82, 2.24) is 0 Å². The van der Waals surface area contributed by atoms with E-state index in [4.69, 9.17) is 0 Å². The molecule has 0 aromatic carbocycles. The van der Waals surface area contributed by atoms with Gasteiger partial charge in [0.25, 0.3) is 0 Å². The first-order valence-electron chi connectivity index (χ1n) is 6.29. The van der Waals surface area contributed by atoms with Crippen LogP contribution in [0.2, 0.25) is 0 Å². The number of fused-ring (bicyclic) bond motifs is 1. The minimum atomic E-state index is 0.421. The summed E-state index contributed by atoms with van der Waals surface area (Å²) >= 11 is 0. The molecule has 2 fully saturated rings. The van der Waals surface area contributed by atoms with Crippen molar-refractivity contribution in [3.05, 3.63) is 0 Å². The first-order valence-corrected chi connectivity index (χ1v) is 6.29. The van der Waals surface area contributed by atoms with Crippen molar-refractivity contribution < 1.29 is 9.59 Å². The second-order valence-electron chi connectivity index (χ2n) is 5.13. The van der Waals surface area contributed by atoms with Gasteiger partial charge in [0.2, 0.25) is 0 Å². The molecule has 14 heavy (non-hydrogen) atoms. The molecule has 2 rings (SSSR count). The van der Waals surface area contributed by atoms with Gasteiger partial charge in [0, 0.05) is 12.3 Å². The molecule has 1 unspecified atom stereocenters. The highest BCUT2D eigenvalue weighted by Crippen LogP contribution is 2.36. The van der Waals surface area contributed by atoms with Gasteiger partial charge in [-0.3, -0.25) is 0 Å². The number of hydrogen-bond donors (Lipinski definition) is 1. The number of aliphatic hydroxyl groups excluding tert-OH is 1. The van der Waals surface area contributed by atoms with Crippen LogP contribution in [0.1, 0.15) is 39.0 Å². The highest BCUT2D eigenvalue weighted by Gasteiger charge is 2.44. The summed E-state index contributed by atoms with van der Waals surface area (Å²) in [5, 5.41) is 9.43. The van der Waals surface area contributed by atoms with Gasteiger partial charge < -0.3 is 9.59 Å². The summed E-state index contributed by atoms with van der Waals surface area (Å²) < 4.78 is 1.32. The Bertz CT molecular complexity index is 191. The van der Waals surface area contributed by atoms with Crippen molar-refractivity contribution in [3.8, 4) is 0 Å². The Morgan fingerprint density at radius 2 is 1.93 bits per heavy atom. The highest BCUT2D eigenvalue weighted by molar-refractivity contribution is 4.78. The lowest BCUT2D eigenvalue weighted by molar-refractivity contribution is -0.963. The molecule has 1 N–H and O–H groups in total. The Balaban J connectivity index is 2.15. The van der Waals surface area contributed by atoms with Crippen molar-refractivity contribution in [2.75, 3.05) is 26.2 Å². The molecule has 0 amide bonds. The van der Waals surface area contributed by atoms with Crippen LogP contribution in [0.5, 0.6) is 0 Å². The summed E-state index contributed by atoms with van der Waals surface area (Å²) in [5.41, 5.74) is 0. The van der Waals surface area contributed by atoms with E-state index in [0.29, 0.717) is 12.5 Å². The molecule has 2 heterocycles. The predicted molar refractivity (Wildman–Crippen MR) is 58.0 cm³/mol. The molecule has 0 saturated carbocycles. The van der Waals surface area contributed by atoms with E-state index in [2.05, 4.69) is 6.92 Å². The smallest absolute Gasteiger partial charge is 0.0941 e. The van der Waals surface area contributed by atoms with E-state index in [0.717, 1.165) is 6.04 Å². The van der Waals surface area contributed by atoms with Gasteiger partial charge >= 0.3 is 0 Å². The molecular weight excluding hydrogens is 174 g/mol. The minimum Gasteiger partial charge on any atom is -0.396 e. The zero-order chi connectivity index (χ0) is 10.0. The lowest BCUT2D eigenvalue weighted by Gasteiger charge is -2.53. The molecule has 0 aromatic rings. The van der Waals surface area contributed by atoms with Crippen molar-refractivity contribution in [1.29, 1.82) is 0 Å². The summed E-state index contributed by atoms with van der Waals surface area (Å²) in [4.78, 5) is 0. The third-order valence-electron chi connectivity index (χ3n) is 4.64. The lowest BCUT2D eigenvalue weighted by Crippen LogP contribution is -2.63. The molecule has 0 bridgehead atoms. The van der Waals surface area contributed by atoms with E-state index < -0.39 is 0 Å². The van der Waals surface area contributed by atoms with Gasteiger partial charge in [0.05, 0.1) is 32.3 Å². The number of hydrogen-bond acceptors (Lipinski definition) is 1. The van der Waals surface area contributed by atoms with Crippen LogP contribution < -0.4 is 0 Å². The maximum absolute atomic E-state index is 9.43. The third-order valence-corrected chi connectivity index (χ3v) is 4.64. The van der Waals surface area contributed by atoms with Gasteiger partial charge in [-0.1, -0.05) is 0 Å². The molecule has 3 atom stereocenters. The molecule has 2 aliphatic rings. The normalized spacial score (nSPS) is 43.3. The van der Waals surface area contributed by atoms with Gasteiger partial charge in [-0.15, -0.1) is 0 Å². The summed E-state index contributed by atoms with van der Waals surface area (Å²) in [5.74, 6) is 0.601. The Hall–Kier alpha value is -0.0800. The number of rotatable bonds is 2. The van der Waals surface area contributed by atoms with Crippen molar-refractivity contribution in [2.24, 2.45) is 5.92 Å². The number of quaternary nitrogens is 1. The molecule has 2 nitrogen and oxygen atoms in total. The number of piperidine rings is 2. The van der Waals surface area contributed by atoms with E-state index in [9.17, 15) is 5.11 Å². The minimum absolute atomic E-state index is 0.421. The Morgan fingerprint density at radius 1 is 1.14 bits per heavy atom. The van der Waals surface area contributed by atoms with Crippen LogP contribution >= 0.6 is 0 Å². The van der Waals surface area contributed by atoms with Crippen LogP contribution in [0.15, 0.2) is 0 Å². The van der Waals surface area contributed by atoms with Gasteiger partial charge in [-0.05, 0) is 32.6 Å². The molecule has 2 aliphatic heterocycles. The molecule has 2 heteroatoms. The number of nitrogens with zero attached hydrogens (tertiary/aromatic N) is 1. The molecule has 0 spiro atoms. The first kappa shape index (κ1) is 10.4. The summed E-state index contributed by atoms with van der Waals surface area (Å²) in [6.07, 6.45) is 6.75. The van der Waals surface area contributed by atoms with Crippen LogP contribution in [0, 0.1) is 5.92 Å². The van der Waals surface area contributed by atoms with Gasteiger partial charge in [0.1, 0.15) is 0 Å². The van der Waals surface area contributed by atoms with E-state index in [1.807, 2.05) is 0 Å². The lowest BCUT2D eigenvalue weighted by atomic mass is 9.81. The van der Waals surface area contributed by atoms with Gasteiger partial charge in [0.15, 0.2) is 0 Å². The fourth-order valence-corrected chi connectivity index (χ4v) is 3.80. The van der Waals surface area contributed by atoms with Crippen LogP contribution in [0.3, 0.4) is 0 Å². The summed E-state index contributed by atoms with van der Waals surface area (Å²) in [7, 11) is 0.